The molecule has 2 aromatic rings. The lowest BCUT2D eigenvalue weighted by atomic mass is 9.96. The molecule has 1 aliphatic carbocycles. The molecule has 4 rings (SSSR count). The quantitative estimate of drug-likeness (QED) is 0.623. The number of amides is 2. The number of sulfonamides is 1. The zero-order valence-corrected chi connectivity index (χ0v) is 20.4. The van der Waals surface area contributed by atoms with Crippen molar-refractivity contribution in [1.29, 1.82) is 0 Å². The number of nitrogens with zero attached hydrogens (tertiary/aromatic N) is 1. The number of anilines is 2. The largest absolute Gasteiger partial charge is 0.495 e. The lowest BCUT2D eigenvalue weighted by Gasteiger charge is -2.22. The molecule has 2 amide bonds. The first-order chi connectivity index (χ1) is 16.3. The number of rotatable bonds is 7. The summed E-state index contributed by atoms with van der Waals surface area (Å²) >= 11 is 0. The number of methoxy groups -OCH3 is 1. The average Bonchev–Trinajstić information content (AvgIpc) is 3.21. The van der Waals surface area contributed by atoms with Crippen LogP contribution in [0.4, 0.5) is 11.4 Å². The lowest BCUT2D eigenvalue weighted by molar-refractivity contribution is -0.122. The summed E-state index contributed by atoms with van der Waals surface area (Å²) in [5.41, 5.74) is 2.13. The molecule has 2 N–H and O–H groups in total. The van der Waals surface area contributed by atoms with Gasteiger partial charge >= 0.3 is 0 Å². The highest BCUT2D eigenvalue weighted by atomic mass is 32.2. The van der Waals surface area contributed by atoms with E-state index in [0.717, 1.165) is 37.7 Å². The Balaban J connectivity index is 1.39. The zero-order chi connectivity index (χ0) is 24.3. The number of hydrogen-bond acceptors (Lipinski definition) is 5. The van der Waals surface area contributed by atoms with E-state index in [9.17, 15) is 18.0 Å². The van der Waals surface area contributed by atoms with E-state index in [2.05, 4.69) is 10.0 Å². The summed E-state index contributed by atoms with van der Waals surface area (Å²) in [6, 6.07) is 11.7. The molecule has 1 heterocycles. The van der Waals surface area contributed by atoms with Gasteiger partial charge in [0.1, 0.15) is 5.75 Å². The van der Waals surface area contributed by atoms with Gasteiger partial charge in [-0.15, -0.1) is 0 Å². The van der Waals surface area contributed by atoms with Crippen LogP contribution in [-0.4, -0.2) is 39.9 Å². The summed E-state index contributed by atoms with van der Waals surface area (Å²) in [6.07, 6.45) is 5.04. The predicted molar refractivity (Wildman–Crippen MR) is 130 cm³/mol. The first-order valence-electron chi connectivity index (χ1n) is 11.6. The molecule has 2 fully saturated rings. The SMILES string of the molecule is COc1ccc(C)cc1N1CC(C(=O)Nc2ccc(S(=O)(=O)NC3CCCCC3)cc2)CC1=O. The molecule has 0 spiro atoms. The third-order valence-electron chi connectivity index (χ3n) is 6.48. The van der Waals surface area contributed by atoms with Crippen LogP contribution in [-0.2, 0) is 19.6 Å². The van der Waals surface area contributed by atoms with Crippen molar-refractivity contribution in [2.75, 3.05) is 23.9 Å². The van der Waals surface area contributed by atoms with Crippen LogP contribution in [0, 0.1) is 12.8 Å². The van der Waals surface area contributed by atoms with Gasteiger partial charge in [-0.05, 0) is 61.7 Å². The molecule has 1 saturated carbocycles. The smallest absolute Gasteiger partial charge is 0.240 e. The second-order valence-electron chi connectivity index (χ2n) is 9.05. The maximum Gasteiger partial charge on any atom is 0.240 e. The fourth-order valence-electron chi connectivity index (χ4n) is 4.60. The van der Waals surface area contributed by atoms with Crippen molar-refractivity contribution < 1.29 is 22.7 Å². The summed E-state index contributed by atoms with van der Waals surface area (Å²) in [5.74, 6) is -0.356. The number of nitrogens with one attached hydrogen (secondary N) is 2. The van der Waals surface area contributed by atoms with Gasteiger partial charge in [-0.25, -0.2) is 13.1 Å². The Morgan fingerprint density at radius 1 is 1.06 bits per heavy atom. The third-order valence-corrected chi connectivity index (χ3v) is 8.02. The van der Waals surface area contributed by atoms with Crippen molar-refractivity contribution in [2.24, 2.45) is 5.92 Å². The minimum absolute atomic E-state index is 0.0204. The Morgan fingerprint density at radius 2 is 1.76 bits per heavy atom. The van der Waals surface area contributed by atoms with Crippen molar-refractivity contribution in [3.8, 4) is 5.75 Å². The van der Waals surface area contributed by atoms with Crippen LogP contribution in [0.15, 0.2) is 47.4 Å². The van der Waals surface area contributed by atoms with E-state index in [1.807, 2.05) is 25.1 Å². The average molecular weight is 486 g/mol. The Bertz CT molecular complexity index is 1160. The van der Waals surface area contributed by atoms with Crippen molar-refractivity contribution in [1.82, 2.24) is 4.72 Å². The van der Waals surface area contributed by atoms with Gasteiger partial charge in [-0.1, -0.05) is 25.3 Å². The van der Waals surface area contributed by atoms with Gasteiger partial charge in [-0.2, -0.15) is 0 Å². The molecule has 182 valence electrons. The van der Waals surface area contributed by atoms with Gasteiger partial charge in [0, 0.05) is 24.7 Å². The second kappa shape index (κ2) is 10.1. The molecular formula is C25H31N3O5S. The van der Waals surface area contributed by atoms with Crippen LogP contribution in [0.2, 0.25) is 0 Å². The van der Waals surface area contributed by atoms with Gasteiger partial charge in [0.05, 0.1) is 23.6 Å². The fraction of sp³-hybridized carbons (Fsp3) is 0.440. The molecule has 0 bridgehead atoms. The van der Waals surface area contributed by atoms with Crippen molar-refractivity contribution in [3.05, 3.63) is 48.0 Å². The topological polar surface area (TPSA) is 105 Å². The highest BCUT2D eigenvalue weighted by Crippen LogP contribution is 2.34. The first kappa shape index (κ1) is 24.2. The van der Waals surface area contributed by atoms with Crippen LogP contribution in [0.3, 0.4) is 0 Å². The molecule has 1 unspecified atom stereocenters. The second-order valence-corrected chi connectivity index (χ2v) is 10.8. The first-order valence-corrected chi connectivity index (χ1v) is 13.1. The molecule has 9 heteroatoms. The Hall–Kier alpha value is -2.91. The Labute approximate surface area is 200 Å². The predicted octanol–water partition coefficient (Wildman–Crippen LogP) is 3.61. The van der Waals surface area contributed by atoms with E-state index >= 15 is 0 Å². The summed E-state index contributed by atoms with van der Waals surface area (Å²) in [7, 11) is -2.05. The number of carbonyl (C=O) groups excluding carboxylic acids is 2. The monoisotopic (exact) mass is 485 g/mol. The minimum atomic E-state index is -3.60. The van der Waals surface area contributed by atoms with E-state index in [-0.39, 0.29) is 35.7 Å². The molecule has 2 aliphatic rings. The van der Waals surface area contributed by atoms with E-state index in [1.165, 1.54) is 12.1 Å². The molecule has 1 aliphatic heterocycles. The number of hydrogen-bond donors (Lipinski definition) is 2. The molecule has 8 nitrogen and oxygen atoms in total. The van der Waals surface area contributed by atoms with Crippen LogP contribution >= 0.6 is 0 Å². The zero-order valence-electron chi connectivity index (χ0n) is 19.5. The highest BCUT2D eigenvalue weighted by molar-refractivity contribution is 7.89. The molecule has 34 heavy (non-hydrogen) atoms. The standard InChI is InChI=1S/C25H31N3O5S/c1-17-8-13-23(33-2)22(14-17)28-16-18(15-24(28)29)25(30)26-19-9-11-21(12-10-19)34(31,32)27-20-6-4-3-5-7-20/h8-14,18,20,27H,3-7,15-16H2,1-2H3,(H,26,30). The van der Waals surface area contributed by atoms with Crippen LogP contribution in [0.1, 0.15) is 44.1 Å². The van der Waals surface area contributed by atoms with E-state index in [0.29, 0.717) is 17.1 Å². The number of benzene rings is 2. The molecule has 1 atom stereocenters. The maximum atomic E-state index is 12.9. The minimum Gasteiger partial charge on any atom is -0.495 e. The molecule has 1 saturated heterocycles. The summed E-state index contributed by atoms with van der Waals surface area (Å²) < 4.78 is 33.5. The highest BCUT2D eigenvalue weighted by Gasteiger charge is 2.36. The van der Waals surface area contributed by atoms with Crippen molar-refractivity contribution >= 4 is 33.2 Å². The maximum absolute atomic E-state index is 12.9. The van der Waals surface area contributed by atoms with E-state index < -0.39 is 15.9 Å². The number of carbonyl (C=O) groups is 2. The van der Waals surface area contributed by atoms with Crippen LogP contribution < -0.4 is 19.7 Å². The summed E-state index contributed by atoms with van der Waals surface area (Å²) in [6.45, 7) is 2.18. The number of ether oxygens (including phenoxy) is 1. The van der Waals surface area contributed by atoms with E-state index in [4.69, 9.17) is 4.74 Å². The molecular weight excluding hydrogens is 454 g/mol. The molecule has 0 radical (unpaired) electrons. The Kier molecular flexibility index (Phi) is 7.23. The summed E-state index contributed by atoms with van der Waals surface area (Å²) in [4.78, 5) is 27.3. The summed E-state index contributed by atoms with van der Waals surface area (Å²) in [5, 5.41) is 2.81. The van der Waals surface area contributed by atoms with Gasteiger partial charge in [0.25, 0.3) is 0 Å². The molecule has 2 aromatic carbocycles. The van der Waals surface area contributed by atoms with Gasteiger partial charge in [0.2, 0.25) is 21.8 Å². The number of aryl methyl sites for hydroxylation is 1. The van der Waals surface area contributed by atoms with Crippen molar-refractivity contribution in [2.45, 2.75) is 56.4 Å². The normalized spacial score (nSPS) is 19.3. The van der Waals surface area contributed by atoms with Crippen molar-refractivity contribution in [3.63, 3.8) is 0 Å². The van der Waals surface area contributed by atoms with Gasteiger partial charge < -0.3 is 15.0 Å². The fourth-order valence-corrected chi connectivity index (χ4v) is 5.90. The molecule has 0 aromatic heterocycles. The lowest BCUT2D eigenvalue weighted by Crippen LogP contribution is -2.36. The third kappa shape index (κ3) is 5.42. The van der Waals surface area contributed by atoms with Crippen LogP contribution in [0.5, 0.6) is 5.75 Å². The van der Waals surface area contributed by atoms with Gasteiger partial charge in [-0.3, -0.25) is 9.59 Å². The van der Waals surface area contributed by atoms with E-state index in [1.54, 1.807) is 24.1 Å². The van der Waals surface area contributed by atoms with Gasteiger partial charge in [0.15, 0.2) is 0 Å². The Morgan fingerprint density at radius 3 is 2.44 bits per heavy atom. The van der Waals surface area contributed by atoms with Crippen LogP contribution in [0.25, 0.3) is 0 Å².